The summed E-state index contributed by atoms with van der Waals surface area (Å²) < 4.78 is 32.7. The normalized spacial score (nSPS) is 13.8. The fourth-order valence-corrected chi connectivity index (χ4v) is 3.97. The second-order valence-electron chi connectivity index (χ2n) is 8.84. The molecule has 13 heteroatoms. The largest absolute Gasteiger partial charge is 0.485 e. The quantitative estimate of drug-likeness (QED) is 0.374. The Morgan fingerprint density at radius 2 is 1.90 bits per heavy atom. The number of hydrogen-bond donors (Lipinski definition) is 1. The molecule has 3 aromatic rings. The van der Waals surface area contributed by atoms with Crippen LogP contribution in [0.2, 0.25) is 5.02 Å². The third kappa shape index (κ3) is 5.51. The monoisotopic (exact) mass is 573 g/mol. The Labute approximate surface area is 231 Å². The number of carboxylic acids is 1. The molecular weight excluding hydrogens is 555 g/mol. The third-order valence-electron chi connectivity index (χ3n) is 5.77. The van der Waals surface area contributed by atoms with Gasteiger partial charge in [-0.1, -0.05) is 23.2 Å². The summed E-state index contributed by atoms with van der Waals surface area (Å²) in [4.78, 5) is 41.6. The van der Waals surface area contributed by atoms with Crippen molar-refractivity contribution in [1.29, 1.82) is 0 Å². The van der Waals surface area contributed by atoms with Crippen LogP contribution in [0.5, 0.6) is 0 Å². The number of nitrogens with zero attached hydrogens (tertiary/aromatic N) is 5. The molecule has 1 aliphatic rings. The second-order valence-corrected chi connectivity index (χ2v) is 9.62. The van der Waals surface area contributed by atoms with Crippen LogP contribution in [0.3, 0.4) is 0 Å². The molecule has 0 aliphatic carbocycles. The van der Waals surface area contributed by atoms with Gasteiger partial charge in [-0.05, 0) is 32.9 Å². The summed E-state index contributed by atoms with van der Waals surface area (Å²) in [6, 6.07) is 3.78. The van der Waals surface area contributed by atoms with E-state index in [-0.39, 0.29) is 39.6 Å². The molecule has 0 bridgehead atoms. The third-order valence-corrected chi connectivity index (χ3v) is 6.43. The number of aliphatic carboxylic acids is 1. The van der Waals surface area contributed by atoms with Crippen LogP contribution < -0.4 is 4.90 Å². The summed E-state index contributed by atoms with van der Waals surface area (Å²) in [5.74, 6) is -0.934. The molecule has 1 aliphatic heterocycles. The van der Waals surface area contributed by atoms with E-state index in [0.717, 1.165) is 6.20 Å². The van der Waals surface area contributed by atoms with Gasteiger partial charge in [-0.15, -0.1) is 0 Å². The highest BCUT2D eigenvalue weighted by Gasteiger charge is 2.33. The molecule has 39 heavy (non-hydrogen) atoms. The standard InChI is InChI=1S/C26H19Cl2F2N5O4/c1-13-6-22(39-12-19-16(30)7-14(29)9-32-19)23(28)21(11-36)35(13)20-8-18(33-10-15(20)27)17-4-5-31-24(34-17)26(2,3)25(37)38/h4-10H,12H2,1-3H3,(H,37,38). The molecule has 3 aromatic heterocycles. The van der Waals surface area contributed by atoms with Crippen LogP contribution in [0.25, 0.3) is 11.4 Å². The molecular formula is C26H19Cl2F2N5O4. The van der Waals surface area contributed by atoms with Crippen molar-refractivity contribution in [2.45, 2.75) is 32.8 Å². The fourth-order valence-electron chi connectivity index (χ4n) is 3.55. The van der Waals surface area contributed by atoms with E-state index in [9.17, 15) is 23.5 Å². The molecule has 1 N–H and O–H groups in total. The van der Waals surface area contributed by atoms with Crippen LogP contribution in [0.1, 0.15) is 32.3 Å². The van der Waals surface area contributed by atoms with Crippen molar-refractivity contribution in [3.05, 3.63) is 93.2 Å². The average Bonchev–Trinajstić information content (AvgIpc) is 2.90. The number of halogens is 4. The average molecular weight is 574 g/mol. The van der Waals surface area contributed by atoms with Crippen molar-refractivity contribution >= 4 is 40.8 Å². The first-order valence-electron chi connectivity index (χ1n) is 11.2. The van der Waals surface area contributed by atoms with Gasteiger partial charge in [0.15, 0.2) is 17.5 Å². The van der Waals surface area contributed by atoms with Crippen LogP contribution in [-0.2, 0) is 26.3 Å². The number of rotatable bonds is 7. The topological polar surface area (TPSA) is 118 Å². The van der Waals surface area contributed by atoms with E-state index >= 15 is 0 Å². The van der Waals surface area contributed by atoms with E-state index in [4.69, 9.17) is 27.9 Å². The molecule has 0 spiro atoms. The second kappa shape index (κ2) is 10.9. The van der Waals surface area contributed by atoms with Crippen molar-refractivity contribution < 1.29 is 28.2 Å². The Morgan fingerprint density at radius 1 is 1.15 bits per heavy atom. The molecule has 0 atom stereocenters. The molecule has 0 radical (unpaired) electrons. The van der Waals surface area contributed by atoms with Crippen molar-refractivity contribution in [3.8, 4) is 11.4 Å². The van der Waals surface area contributed by atoms with Gasteiger partial charge in [0.25, 0.3) is 0 Å². The highest BCUT2D eigenvalue weighted by atomic mass is 35.5. The maximum absolute atomic E-state index is 14.0. The lowest BCUT2D eigenvalue weighted by atomic mass is 9.92. The SMILES string of the molecule is CC1=CC(OCc2ncc(F)cc2F)=C(Cl)C(=C=O)N1c1cc(-c2ccnc(C(C)(C)C(=O)O)n2)ncc1Cl. The Morgan fingerprint density at radius 3 is 2.56 bits per heavy atom. The fraction of sp³-hybridized carbons (Fsp3) is 0.192. The number of ether oxygens (including phenoxy) is 1. The number of carbonyl (C=O) groups is 1. The van der Waals surface area contributed by atoms with Crippen LogP contribution in [0, 0.1) is 11.6 Å². The smallest absolute Gasteiger partial charge is 0.316 e. The summed E-state index contributed by atoms with van der Waals surface area (Å²) in [5, 5.41) is 9.56. The van der Waals surface area contributed by atoms with Gasteiger partial charge in [-0.25, -0.2) is 23.5 Å². The van der Waals surface area contributed by atoms with Gasteiger partial charge in [0.05, 0.1) is 28.3 Å². The van der Waals surface area contributed by atoms with E-state index < -0.39 is 23.0 Å². The Kier molecular flexibility index (Phi) is 7.78. The van der Waals surface area contributed by atoms with E-state index in [1.807, 2.05) is 0 Å². The molecule has 4 heterocycles. The Hall–Kier alpha value is -4.18. The maximum atomic E-state index is 14.0. The highest BCUT2D eigenvalue weighted by molar-refractivity contribution is 6.35. The number of pyridine rings is 2. The lowest BCUT2D eigenvalue weighted by Crippen LogP contribution is -2.31. The number of anilines is 1. The van der Waals surface area contributed by atoms with Crippen LogP contribution in [-0.4, -0.2) is 37.0 Å². The van der Waals surface area contributed by atoms with E-state index in [1.165, 1.54) is 37.2 Å². The Balaban J connectivity index is 1.69. The molecule has 0 unspecified atom stereocenters. The lowest BCUT2D eigenvalue weighted by molar-refractivity contribution is -0.142. The first kappa shape index (κ1) is 27.8. The van der Waals surface area contributed by atoms with Gasteiger partial charge < -0.3 is 14.7 Å². The minimum atomic E-state index is -1.36. The predicted octanol–water partition coefficient (Wildman–Crippen LogP) is 5.33. The minimum Gasteiger partial charge on any atom is -0.485 e. The minimum absolute atomic E-state index is 0.0380. The zero-order valence-corrected chi connectivity index (χ0v) is 22.2. The van der Waals surface area contributed by atoms with Crippen molar-refractivity contribution in [1.82, 2.24) is 19.9 Å². The molecule has 0 aromatic carbocycles. The van der Waals surface area contributed by atoms with E-state index in [2.05, 4.69) is 19.9 Å². The summed E-state index contributed by atoms with van der Waals surface area (Å²) in [7, 11) is 0. The van der Waals surface area contributed by atoms with Crippen molar-refractivity contribution in [2.24, 2.45) is 0 Å². The highest BCUT2D eigenvalue weighted by Crippen LogP contribution is 2.40. The van der Waals surface area contributed by atoms with Gasteiger partial charge in [-0.2, -0.15) is 0 Å². The van der Waals surface area contributed by atoms with Gasteiger partial charge in [0.1, 0.15) is 40.1 Å². The number of aromatic nitrogens is 4. The van der Waals surface area contributed by atoms with Gasteiger partial charge >= 0.3 is 5.97 Å². The van der Waals surface area contributed by atoms with E-state index in [0.29, 0.717) is 28.8 Å². The van der Waals surface area contributed by atoms with Gasteiger partial charge in [0, 0.05) is 30.2 Å². The number of allylic oxidation sites excluding steroid dienone is 3. The zero-order valence-electron chi connectivity index (χ0n) is 20.7. The van der Waals surface area contributed by atoms with Crippen LogP contribution >= 0.6 is 23.2 Å². The van der Waals surface area contributed by atoms with Crippen molar-refractivity contribution in [3.63, 3.8) is 0 Å². The number of hydrogen-bond acceptors (Lipinski definition) is 8. The summed E-state index contributed by atoms with van der Waals surface area (Å²) in [5.41, 5.74) is -0.278. The van der Waals surface area contributed by atoms with Crippen LogP contribution in [0.15, 0.2) is 65.1 Å². The molecule has 0 saturated heterocycles. The molecule has 4 rings (SSSR count). The lowest BCUT2D eigenvalue weighted by Gasteiger charge is -2.30. The summed E-state index contributed by atoms with van der Waals surface area (Å²) >= 11 is 12.9. The number of carboxylic acid groups (broad SMARTS) is 1. The zero-order chi connectivity index (χ0) is 28.5. The first-order chi connectivity index (χ1) is 18.4. The molecule has 0 fully saturated rings. The van der Waals surface area contributed by atoms with Crippen molar-refractivity contribution in [2.75, 3.05) is 4.90 Å². The van der Waals surface area contributed by atoms with E-state index in [1.54, 1.807) is 25.0 Å². The molecule has 9 nitrogen and oxygen atoms in total. The predicted molar refractivity (Wildman–Crippen MR) is 138 cm³/mol. The van der Waals surface area contributed by atoms with Crippen LogP contribution in [0.4, 0.5) is 14.5 Å². The summed E-state index contributed by atoms with van der Waals surface area (Å²) in [6.45, 7) is 4.23. The first-order valence-corrected chi connectivity index (χ1v) is 12.0. The molecule has 0 amide bonds. The Bertz CT molecular complexity index is 1600. The maximum Gasteiger partial charge on any atom is 0.316 e. The number of carbonyl (C=O) groups excluding carboxylic acids is 1. The molecule has 200 valence electrons. The van der Waals surface area contributed by atoms with Gasteiger partial charge in [-0.3, -0.25) is 14.8 Å². The van der Waals surface area contributed by atoms with Gasteiger partial charge in [0.2, 0.25) is 0 Å². The molecule has 0 saturated carbocycles. The summed E-state index contributed by atoms with van der Waals surface area (Å²) in [6.07, 6.45) is 5.12.